The van der Waals surface area contributed by atoms with Gasteiger partial charge in [0.05, 0.1) is 0 Å². The van der Waals surface area contributed by atoms with E-state index in [1.807, 2.05) is 34.9 Å². The number of aromatic nitrogens is 3. The summed E-state index contributed by atoms with van der Waals surface area (Å²) in [5, 5.41) is 3.58. The van der Waals surface area contributed by atoms with Gasteiger partial charge >= 0.3 is 0 Å². The Labute approximate surface area is 176 Å². The molecule has 1 unspecified atom stereocenters. The molecule has 1 saturated heterocycles. The molecule has 0 spiro atoms. The Bertz CT molecular complexity index is 1080. The maximum Gasteiger partial charge on any atom is 0.180 e. The van der Waals surface area contributed by atoms with Gasteiger partial charge in [-0.25, -0.2) is 14.4 Å². The number of halogens is 1. The summed E-state index contributed by atoms with van der Waals surface area (Å²) in [4.78, 5) is 13.3. The van der Waals surface area contributed by atoms with E-state index in [0.29, 0.717) is 0 Å². The summed E-state index contributed by atoms with van der Waals surface area (Å²) in [7, 11) is 1.98. The van der Waals surface area contributed by atoms with Gasteiger partial charge in [-0.2, -0.15) is 0 Å². The van der Waals surface area contributed by atoms with E-state index in [-0.39, 0.29) is 11.9 Å². The largest absolute Gasteiger partial charge is 0.381 e. The van der Waals surface area contributed by atoms with Crippen LogP contribution in [0.2, 0.25) is 0 Å². The molecule has 1 fully saturated rings. The van der Waals surface area contributed by atoms with Gasteiger partial charge < -0.3 is 19.5 Å². The van der Waals surface area contributed by atoms with Crippen molar-refractivity contribution in [2.45, 2.75) is 26.3 Å². The number of rotatable bonds is 6. The van der Waals surface area contributed by atoms with Crippen LogP contribution in [0.25, 0.3) is 5.65 Å². The molecule has 0 aliphatic carbocycles. The van der Waals surface area contributed by atoms with Crippen molar-refractivity contribution in [3.05, 3.63) is 78.4 Å². The van der Waals surface area contributed by atoms with Gasteiger partial charge in [0, 0.05) is 68.0 Å². The molecule has 7 heteroatoms. The van der Waals surface area contributed by atoms with Crippen LogP contribution in [-0.2, 0) is 0 Å². The Kier molecular flexibility index (Phi) is 5.44. The summed E-state index contributed by atoms with van der Waals surface area (Å²) in [5.41, 5.74) is 4.86. The zero-order valence-electron chi connectivity index (χ0n) is 17.6. The zero-order chi connectivity index (χ0) is 21.3. The molecular formula is C23H27FN6. The van der Waals surface area contributed by atoms with Crippen molar-refractivity contribution in [1.29, 1.82) is 0 Å². The van der Waals surface area contributed by atoms with Crippen LogP contribution in [0.1, 0.15) is 20.3 Å². The molecule has 0 radical (unpaired) electrons. The first-order chi connectivity index (χ1) is 14.4. The first-order valence-corrected chi connectivity index (χ1v) is 10.1. The maximum atomic E-state index is 13.2. The molecule has 3 heterocycles. The molecule has 3 aromatic rings. The van der Waals surface area contributed by atoms with Crippen LogP contribution in [0.5, 0.6) is 0 Å². The van der Waals surface area contributed by atoms with Crippen molar-refractivity contribution < 1.29 is 4.39 Å². The molecule has 0 bridgehead atoms. The lowest BCUT2D eigenvalue weighted by Gasteiger charge is -2.25. The highest BCUT2D eigenvalue weighted by atomic mass is 19.1. The summed E-state index contributed by atoms with van der Waals surface area (Å²) in [6.07, 6.45) is 8.45. The van der Waals surface area contributed by atoms with Crippen LogP contribution in [0.4, 0.5) is 15.9 Å². The SMILES string of the molecule is C=C(NC1CCN(c2nccn3ccnc23)C1)/C(C)=C(\C)N(C)c1ccc(F)cc1. The van der Waals surface area contributed by atoms with Gasteiger partial charge in [0.2, 0.25) is 0 Å². The van der Waals surface area contributed by atoms with Crippen molar-refractivity contribution >= 4 is 17.2 Å². The minimum Gasteiger partial charge on any atom is -0.381 e. The molecular weight excluding hydrogens is 379 g/mol. The first kappa shape index (κ1) is 19.9. The number of fused-ring (bicyclic) bond motifs is 1. The third kappa shape index (κ3) is 3.87. The van der Waals surface area contributed by atoms with Gasteiger partial charge in [0.15, 0.2) is 11.5 Å². The van der Waals surface area contributed by atoms with Crippen LogP contribution < -0.4 is 15.1 Å². The number of hydrogen-bond donors (Lipinski definition) is 1. The lowest BCUT2D eigenvalue weighted by molar-refractivity contribution is 0.622. The number of anilines is 2. The Morgan fingerprint density at radius 2 is 1.87 bits per heavy atom. The second-order valence-corrected chi connectivity index (χ2v) is 7.71. The highest BCUT2D eigenvalue weighted by Crippen LogP contribution is 2.25. The van der Waals surface area contributed by atoms with Crippen LogP contribution >= 0.6 is 0 Å². The van der Waals surface area contributed by atoms with Crippen LogP contribution in [-0.4, -0.2) is 40.5 Å². The molecule has 1 aromatic carbocycles. The van der Waals surface area contributed by atoms with Gasteiger partial charge in [0.1, 0.15) is 5.82 Å². The fourth-order valence-electron chi connectivity index (χ4n) is 3.82. The topological polar surface area (TPSA) is 48.7 Å². The molecule has 1 aliphatic heterocycles. The van der Waals surface area contributed by atoms with Crippen molar-refractivity contribution in [3.8, 4) is 0 Å². The van der Waals surface area contributed by atoms with Crippen molar-refractivity contribution in [1.82, 2.24) is 19.7 Å². The summed E-state index contributed by atoms with van der Waals surface area (Å²) in [5.74, 6) is 0.680. The number of imidazole rings is 1. The van der Waals surface area contributed by atoms with E-state index in [0.717, 1.165) is 53.6 Å². The van der Waals surface area contributed by atoms with E-state index in [1.165, 1.54) is 12.1 Å². The third-order valence-corrected chi connectivity index (χ3v) is 5.87. The zero-order valence-corrected chi connectivity index (χ0v) is 17.6. The molecule has 6 nitrogen and oxygen atoms in total. The van der Waals surface area contributed by atoms with Crippen LogP contribution in [0, 0.1) is 5.82 Å². The fourth-order valence-corrected chi connectivity index (χ4v) is 3.82. The number of nitrogens with one attached hydrogen (secondary N) is 1. The molecule has 4 rings (SSSR count). The van der Waals surface area contributed by atoms with Gasteiger partial charge in [-0.15, -0.1) is 0 Å². The Morgan fingerprint density at radius 1 is 1.17 bits per heavy atom. The molecule has 0 amide bonds. The standard InChI is InChI=1S/C23H27FN6/c1-16(18(3)28(4)21-7-5-19(24)6-8-21)17(2)27-20-9-12-30(15-20)23-22-25-10-13-29(22)14-11-26-23/h5-8,10-11,13-14,20,27H,2,9,12,15H2,1,3-4H3/b18-16+. The summed E-state index contributed by atoms with van der Waals surface area (Å²) < 4.78 is 15.2. The predicted molar refractivity (Wildman–Crippen MR) is 119 cm³/mol. The molecule has 1 aliphatic rings. The minimum absolute atomic E-state index is 0.233. The van der Waals surface area contributed by atoms with Crippen molar-refractivity contribution in [2.75, 3.05) is 29.9 Å². The normalized spacial score (nSPS) is 17.2. The fraction of sp³-hybridized carbons (Fsp3) is 0.304. The molecule has 156 valence electrons. The van der Waals surface area contributed by atoms with Crippen molar-refractivity contribution in [3.63, 3.8) is 0 Å². The average molecular weight is 407 g/mol. The van der Waals surface area contributed by atoms with Crippen LogP contribution in [0.15, 0.2) is 72.6 Å². The summed E-state index contributed by atoms with van der Waals surface area (Å²) >= 11 is 0. The van der Waals surface area contributed by atoms with E-state index in [9.17, 15) is 4.39 Å². The van der Waals surface area contributed by atoms with Gasteiger partial charge in [-0.1, -0.05) is 6.58 Å². The van der Waals surface area contributed by atoms with E-state index >= 15 is 0 Å². The summed E-state index contributed by atoms with van der Waals surface area (Å²) in [6.45, 7) is 10.1. The van der Waals surface area contributed by atoms with E-state index in [4.69, 9.17) is 0 Å². The van der Waals surface area contributed by atoms with E-state index in [1.54, 1.807) is 18.3 Å². The molecule has 1 atom stereocenters. The molecule has 0 saturated carbocycles. The van der Waals surface area contributed by atoms with Crippen molar-refractivity contribution in [2.24, 2.45) is 0 Å². The highest BCUT2D eigenvalue weighted by Gasteiger charge is 2.26. The minimum atomic E-state index is -0.233. The number of nitrogens with zero attached hydrogens (tertiary/aromatic N) is 5. The highest BCUT2D eigenvalue weighted by molar-refractivity contribution is 5.64. The smallest absolute Gasteiger partial charge is 0.180 e. The quantitative estimate of drug-likeness (QED) is 0.628. The Hall–Kier alpha value is -3.35. The number of hydrogen-bond acceptors (Lipinski definition) is 5. The van der Waals surface area contributed by atoms with E-state index in [2.05, 4.69) is 40.6 Å². The predicted octanol–water partition coefficient (Wildman–Crippen LogP) is 3.98. The van der Waals surface area contributed by atoms with Gasteiger partial charge in [0.25, 0.3) is 0 Å². The second-order valence-electron chi connectivity index (χ2n) is 7.71. The first-order valence-electron chi connectivity index (χ1n) is 10.1. The number of benzene rings is 1. The van der Waals surface area contributed by atoms with Crippen LogP contribution in [0.3, 0.4) is 0 Å². The lowest BCUT2D eigenvalue weighted by atomic mass is 10.1. The molecule has 1 N–H and O–H groups in total. The molecule has 30 heavy (non-hydrogen) atoms. The lowest BCUT2D eigenvalue weighted by Crippen LogP contribution is -2.33. The van der Waals surface area contributed by atoms with Gasteiger partial charge in [-0.3, -0.25) is 0 Å². The summed E-state index contributed by atoms with van der Waals surface area (Å²) in [6, 6.07) is 6.79. The maximum absolute atomic E-state index is 13.2. The third-order valence-electron chi connectivity index (χ3n) is 5.87. The monoisotopic (exact) mass is 406 g/mol. The number of allylic oxidation sites excluding steroid dienone is 2. The second kappa shape index (κ2) is 8.18. The Balaban J connectivity index is 1.43. The average Bonchev–Trinajstić information content (AvgIpc) is 3.42. The molecule has 2 aromatic heterocycles. The van der Waals surface area contributed by atoms with Gasteiger partial charge in [-0.05, 0) is 50.1 Å². The van der Waals surface area contributed by atoms with E-state index < -0.39 is 0 Å². The Morgan fingerprint density at radius 3 is 2.60 bits per heavy atom.